The van der Waals surface area contributed by atoms with Gasteiger partial charge in [0.25, 0.3) is 0 Å². The smallest absolute Gasteiger partial charge is 0.229 e. The lowest BCUT2D eigenvalue weighted by Gasteiger charge is -2.06. The number of anilines is 1. The summed E-state index contributed by atoms with van der Waals surface area (Å²) in [6.07, 6.45) is 1.13. The molecule has 0 atom stereocenters. The van der Waals surface area contributed by atoms with Crippen molar-refractivity contribution >= 4 is 15.7 Å². The number of rotatable bonds is 5. The van der Waals surface area contributed by atoms with Crippen molar-refractivity contribution in [2.45, 2.75) is 6.54 Å². The first kappa shape index (κ1) is 12.0. The van der Waals surface area contributed by atoms with Crippen LogP contribution in [-0.4, -0.2) is 21.7 Å². The molecule has 1 aromatic carbocycles. The van der Waals surface area contributed by atoms with Crippen LogP contribution >= 0.6 is 0 Å². The Labute approximate surface area is 89.9 Å². The highest BCUT2D eigenvalue weighted by molar-refractivity contribution is 7.92. The van der Waals surface area contributed by atoms with Crippen molar-refractivity contribution in [3.05, 3.63) is 29.8 Å². The number of sulfonamides is 1. The van der Waals surface area contributed by atoms with Crippen molar-refractivity contribution in [3.8, 4) is 0 Å². The van der Waals surface area contributed by atoms with E-state index in [9.17, 15) is 8.42 Å². The Morgan fingerprint density at radius 1 is 1.20 bits per heavy atom. The maximum atomic E-state index is 10.9. The molecule has 84 valence electrons. The number of nitrogens with one attached hydrogen (secondary N) is 3. The summed E-state index contributed by atoms with van der Waals surface area (Å²) in [6, 6.07) is 7.18. The van der Waals surface area contributed by atoms with E-state index in [2.05, 4.69) is 15.6 Å². The summed E-state index contributed by atoms with van der Waals surface area (Å²) in [5.74, 6) is 0. The van der Waals surface area contributed by atoms with Gasteiger partial charge in [0.05, 0.1) is 6.26 Å². The minimum atomic E-state index is -3.18. The second kappa shape index (κ2) is 5.11. The van der Waals surface area contributed by atoms with Crippen molar-refractivity contribution < 1.29 is 8.42 Å². The summed E-state index contributed by atoms with van der Waals surface area (Å²) in [7, 11) is -1.39. The molecule has 5 nitrogen and oxygen atoms in total. The van der Waals surface area contributed by atoms with E-state index >= 15 is 0 Å². The van der Waals surface area contributed by atoms with Crippen LogP contribution in [-0.2, 0) is 16.6 Å². The van der Waals surface area contributed by atoms with Gasteiger partial charge in [-0.05, 0) is 24.7 Å². The van der Waals surface area contributed by atoms with Crippen molar-refractivity contribution in [2.24, 2.45) is 0 Å². The summed E-state index contributed by atoms with van der Waals surface area (Å²) in [4.78, 5) is 0. The van der Waals surface area contributed by atoms with Crippen molar-refractivity contribution in [3.63, 3.8) is 0 Å². The SMILES string of the molecule is CNNCc1ccc(NS(C)(=O)=O)cc1. The summed E-state index contributed by atoms with van der Waals surface area (Å²) in [5, 5.41) is 0. The highest BCUT2D eigenvalue weighted by Crippen LogP contribution is 2.10. The molecular weight excluding hydrogens is 214 g/mol. The standard InChI is InChI=1S/C9H15N3O2S/c1-10-11-7-8-3-5-9(6-4-8)12-15(2,13)14/h3-6,10-12H,7H2,1-2H3. The Morgan fingerprint density at radius 2 is 1.80 bits per heavy atom. The third-order valence-corrected chi connectivity index (χ3v) is 2.33. The fraction of sp³-hybridized carbons (Fsp3) is 0.333. The van der Waals surface area contributed by atoms with Gasteiger partial charge in [-0.2, -0.15) is 0 Å². The molecule has 0 bridgehead atoms. The lowest BCUT2D eigenvalue weighted by Crippen LogP contribution is -2.26. The molecule has 0 fully saturated rings. The molecule has 0 aliphatic rings. The molecule has 1 aromatic rings. The van der Waals surface area contributed by atoms with Gasteiger partial charge in [0, 0.05) is 12.2 Å². The van der Waals surface area contributed by atoms with Crippen LogP contribution in [0.2, 0.25) is 0 Å². The predicted molar refractivity (Wildman–Crippen MR) is 60.8 cm³/mol. The fourth-order valence-corrected chi connectivity index (χ4v) is 1.66. The minimum Gasteiger partial charge on any atom is -0.284 e. The third kappa shape index (κ3) is 4.78. The predicted octanol–water partition coefficient (Wildman–Crippen LogP) is 0.282. The fourth-order valence-electron chi connectivity index (χ4n) is 1.10. The van der Waals surface area contributed by atoms with Gasteiger partial charge in [0.15, 0.2) is 0 Å². The highest BCUT2D eigenvalue weighted by atomic mass is 32.2. The largest absolute Gasteiger partial charge is 0.284 e. The van der Waals surface area contributed by atoms with E-state index < -0.39 is 10.0 Å². The second-order valence-corrected chi connectivity index (χ2v) is 4.92. The molecule has 3 N–H and O–H groups in total. The maximum absolute atomic E-state index is 10.9. The molecule has 0 radical (unpaired) electrons. The molecule has 0 unspecified atom stereocenters. The molecule has 0 heterocycles. The molecule has 0 aromatic heterocycles. The maximum Gasteiger partial charge on any atom is 0.229 e. The van der Waals surface area contributed by atoms with E-state index in [0.29, 0.717) is 12.2 Å². The van der Waals surface area contributed by atoms with E-state index in [0.717, 1.165) is 11.8 Å². The first-order valence-electron chi connectivity index (χ1n) is 4.47. The summed E-state index contributed by atoms with van der Waals surface area (Å²) in [6.45, 7) is 0.690. The average molecular weight is 229 g/mol. The summed E-state index contributed by atoms with van der Waals surface area (Å²) >= 11 is 0. The molecule has 0 aliphatic carbocycles. The Bertz CT molecular complexity index is 400. The van der Waals surface area contributed by atoms with Gasteiger partial charge in [-0.15, -0.1) is 0 Å². The van der Waals surface area contributed by atoms with Crippen LogP contribution < -0.4 is 15.6 Å². The Kier molecular flexibility index (Phi) is 4.07. The lowest BCUT2D eigenvalue weighted by molar-refractivity contribution is 0.596. The van der Waals surface area contributed by atoms with Gasteiger partial charge in [-0.1, -0.05) is 12.1 Å². The molecule has 0 amide bonds. The van der Waals surface area contributed by atoms with Crippen LogP contribution in [0.4, 0.5) is 5.69 Å². The van der Waals surface area contributed by atoms with Crippen molar-refractivity contribution in [1.29, 1.82) is 0 Å². The number of hydrogen-bond acceptors (Lipinski definition) is 4. The first-order chi connectivity index (χ1) is 7.01. The van der Waals surface area contributed by atoms with Crippen molar-refractivity contribution in [1.82, 2.24) is 10.9 Å². The summed E-state index contributed by atoms with van der Waals surface area (Å²) < 4.78 is 24.2. The average Bonchev–Trinajstić information content (AvgIpc) is 2.14. The summed E-state index contributed by atoms with van der Waals surface area (Å²) in [5.41, 5.74) is 7.40. The molecular formula is C9H15N3O2S. The molecule has 0 saturated heterocycles. The van der Waals surface area contributed by atoms with E-state index in [4.69, 9.17) is 0 Å². The minimum absolute atomic E-state index is 0.575. The van der Waals surface area contributed by atoms with E-state index in [-0.39, 0.29) is 0 Å². The van der Waals surface area contributed by atoms with Crippen LogP contribution in [0.5, 0.6) is 0 Å². The van der Waals surface area contributed by atoms with Gasteiger partial charge in [-0.3, -0.25) is 15.6 Å². The lowest BCUT2D eigenvalue weighted by atomic mass is 10.2. The molecule has 6 heteroatoms. The van der Waals surface area contributed by atoms with Gasteiger partial charge in [-0.25, -0.2) is 8.42 Å². The van der Waals surface area contributed by atoms with Crippen molar-refractivity contribution in [2.75, 3.05) is 18.0 Å². The van der Waals surface area contributed by atoms with Gasteiger partial charge in [0.2, 0.25) is 10.0 Å². The first-order valence-corrected chi connectivity index (χ1v) is 6.37. The van der Waals surface area contributed by atoms with Crippen LogP contribution in [0.1, 0.15) is 5.56 Å². The second-order valence-electron chi connectivity index (χ2n) is 3.17. The van der Waals surface area contributed by atoms with Crippen LogP contribution in [0.3, 0.4) is 0 Å². The molecule has 1 rings (SSSR count). The molecule has 15 heavy (non-hydrogen) atoms. The van der Waals surface area contributed by atoms with E-state index in [1.165, 1.54) is 0 Å². The van der Waals surface area contributed by atoms with E-state index in [1.54, 1.807) is 19.2 Å². The van der Waals surface area contributed by atoms with Crippen LogP contribution in [0.15, 0.2) is 24.3 Å². The van der Waals surface area contributed by atoms with Gasteiger partial charge in [0.1, 0.15) is 0 Å². The Balaban J connectivity index is 2.64. The zero-order valence-corrected chi connectivity index (χ0v) is 9.56. The monoisotopic (exact) mass is 229 g/mol. The number of hydrogen-bond donors (Lipinski definition) is 3. The quantitative estimate of drug-likeness (QED) is 0.634. The molecule has 0 aliphatic heterocycles. The zero-order chi connectivity index (χ0) is 11.3. The Morgan fingerprint density at radius 3 is 2.27 bits per heavy atom. The zero-order valence-electron chi connectivity index (χ0n) is 8.74. The van der Waals surface area contributed by atoms with Crippen LogP contribution in [0.25, 0.3) is 0 Å². The van der Waals surface area contributed by atoms with Gasteiger partial charge < -0.3 is 0 Å². The number of hydrazine groups is 1. The third-order valence-electron chi connectivity index (χ3n) is 1.73. The highest BCUT2D eigenvalue weighted by Gasteiger charge is 2.00. The number of benzene rings is 1. The van der Waals surface area contributed by atoms with Gasteiger partial charge >= 0.3 is 0 Å². The Hall–Kier alpha value is -1.11. The normalized spacial score (nSPS) is 11.3. The van der Waals surface area contributed by atoms with E-state index in [1.807, 2.05) is 12.1 Å². The topological polar surface area (TPSA) is 70.2 Å². The molecule has 0 spiro atoms. The van der Waals surface area contributed by atoms with Crippen LogP contribution in [0, 0.1) is 0 Å². The molecule has 0 saturated carbocycles.